The van der Waals surface area contributed by atoms with Gasteiger partial charge in [-0.1, -0.05) is 11.6 Å². The summed E-state index contributed by atoms with van der Waals surface area (Å²) in [7, 11) is 0. The number of imidazole rings is 1. The molecule has 0 saturated carbocycles. The molecule has 0 fully saturated rings. The van der Waals surface area contributed by atoms with Crippen LogP contribution in [-0.2, 0) is 0 Å². The van der Waals surface area contributed by atoms with Crippen LogP contribution in [0.5, 0.6) is 0 Å². The predicted molar refractivity (Wildman–Crippen MR) is 105 cm³/mol. The summed E-state index contributed by atoms with van der Waals surface area (Å²) in [5, 5.41) is 3.68. The molecule has 0 radical (unpaired) electrons. The molecule has 4 rings (SSSR count). The molecule has 4 aromatic heterocycles. The summed E-state index contributed by atoms with van der Waals surface area (Å²) in [6.45, 7) is 3.81. The zero-order valence-corrected chi connectivity index (χ0v) is 15.8. The standard InChI is InChI=1S/C19H16ClFN6O/c1-10-5-15-18(27(9-24-15)16-6-12(20)7-23-19(16)28)26-17(10)25-11(2)14-4-3-13(21)8-22-14/h3-9,11H,1-2H3,(H,23,28)(H,25,26)/t11-/m0/s1. The van der Waals surface area contributed by atoms with Gasteiger partial charge in [-0.2, -0.15) is 0 Å². The summed E-state index contributed by atoms with van der Waals surface area (Å²) >= 11 is 6.02. The lowest BCUT2D eigenvalue weighted by Crippen LogP contribution is -2.14. The number of fused-ring (bicyclic) bond motifs is 1. The van der Waals surface area contributed by atoms with Crippen molar-refractivity contribution in [1.29, 1.82) is 0 Å². The maximum Gasteiger partial charge on any atom is 0.272 e. The Balaban J connectivity index is 1.76. The summed E-state index contributed by atoms with van der Waals surface area (Å²) in [6, 6.07) is 6.22. The second-order valence-electron chi connectivity index (χ2n) is 6.41. The minimum absolute atomic E-state index is 0.199. The van der Waals surface area contributed by atoms with Gasteiger partial charge in [-0.25, -0.2) is 14.4 Å². The molecule has 4 aromatic rings. The van der Waals surface area contributed by atoms with Crippen molar-refractivity contribution in [2.45, 2.75) is 19.9 Å². The Bertz CT molecular complexity index is 1220. The lowest BCUT2D eigenvalue weighted by Gasteiger charge is -2.16. The molecule has 0 spiro atoms. The molecule has 0 aliphatic carbocycles. The Morgan fingerprint density at radius 2 is 2.11 bits per heavy atom. The van der Waals surface area contributed by atoms with E-state index in [1.807, 2.05) is 19.9 Å². The highest BCUT2D eigenvalue weighted by Gasteiger charge is 2.15. The van der Waals surface area contributed by atoms with Crippen molar-refractivity contribution in [3.05, 3.63) is 75.4 Å². The summed E-state index contributed by atoms with van der Waals surface area (Å²) < 4.78 is 14.7. The third-order valence-corrected chi connectivity index (χ3v) is 4.59. The van der Waals surface area contributed by atoms with Crippen LogP contribution in [0.15, 0.2) is 47.8 Å². The number of aromatic nitrogens is 5. The van der Waals surface area contributed by atoms with E-state index >= 15 is 0 Å². The average Bonchev–Trinajstić information content (AvgIpc) is 3.07. The molecule has 0 aliphatic rings. The molecule has 142 valence electrons. The van der Waals surface area contributed by atoms with Crippen LogP contribution in [0.4, 0.5) is 10.2 Å². The number of nitrogens with zero attached hydrogens (tertiary/aromatic N) is 4. The molecule has 0 bridgehead atoms. The van der Waals surface area contributed by atoms with Crippen LogP contribution in [0, 0.1) is 12.7 Å². The first kappa shape index (κ1) is 18.1. The predicted octanol–water partition coefficient (Wildman–Crippen LogP) is 3.78. The number of H-pyrrole nitrogens is 1. The molecule has 2 N–H and O–H groups in total. The lowest BCUT2D eigenvalue weighted by atomic mass is 10.2. The molecule has 0 aromatic carbocycles. The highest BCUT2D eigenvalue weighted by Crippen LogP contribution is 2.24. The van der Waals surface area contributed by atoms with Gasteiger partial charge in [0.05, 0.1) is 23.0 Å². The fourth-order valence-electron chi connectivity index (χ4n) is 2.91. The molecule has 4 heterocycles. The van der Waals surface area contributed by atoms with Crippen molar-refractivity contribution in [2.75, 3.05) is 5.32 Å². The zero-order chi connectivity index (χ0) is 19.8. The summed E-state index contributed by atoms with van der Waals surface area (Å²) in [4.78, 5) is 27.9. The molecule has 0 saturated heterocycles. The molecular formula is C19H16ClFN6O. The van der Waals surface area contributed by atoms with E-state index in [2.05, 4.69) is 25.3 Å². The molecule has 7 nitrogen and oxygen atoms in total. The Morgan fingerprint density at radius 1 is 1.29 bits per heavy atom. The first-order valence-corrected chi connectivity index (χ1v) is 8.91. The molecule has 0 unspecified atom stereocenters. The summed E-state index contributed by atoms with van der Waals surface area (Å²) in [6.07, 6.45) is 4.14. The molecule has 0 amide bonds. The van der Waals surface area contributed by atoms with Crippen LogP contribution in [0.1, 0.15) is 24.2 Å². The number of hydrogen-bond acceptors (Lipinski definition) is 5. The van der Waals surface area contributed by atoms with Gasteiger partial charge in [0.25, 0.3) is 5.56 Å². The SMILES string of the molecule is Cc1cc2ncn(-c3cc(Cl)c[nH]c3=O)c2nc1N[C@@H](C)c1ccc(F)cn1. The van der Waals surface area contributed by atoms with E-state index in [0.717, 1.165) is 5.56 Å². The largest absolute Gasteiger partial charge is 0.362 e. The Hall–Kier alpha value is -3.26. The van der Waals surface area contributed by atoms with E-state index in [4.69, 9.17) is 11.6 Å². The second-order valence-corrected chi connectivity index (χ2v) is 6.85. The van der Waals surface area contributed by atoms with Gasteiger partial charge in [0.1, 0.15) is 29.2 Å². The molecule has 0 aliphatic heterocycles. The highest BCUT2D eigenvalue weighted by molar-refractivity contribution is 6.30. The Kier molecular flexibility index (Phi) is 4.56. The van der Waals surface area contributed by atoms with Crippen molar-refractivity contribution >= 4 is 28.6 Å². The summed E-state index contributed by atoms with van der Waals surface area (Å²) in [5.41, 5.74) is 2.75. The van der Waals surface area contributed by atoms with Crippen LogP contribution in [0.3, 0.4) is 0 Å². The smallest absolute Gasteiger partial charge is 0.272 e. The monoisotopic (exact) mass is 398 g/mol. The number of anilines is 1. The third kappa shape index (κ3) is 3.34. The number of halogens is 2. The second kappa shape index (κ2) is 7.05. The van der Waals surface area contributed by atoms with Crippen molar-refractivity contribution in [2.24, 2.45) is 0 Å². The number of hydrogen-bond donors (Lipinski definition) is 2. The van der Waals surface area contributed by atoms with Crippen LogP contribution in [0.25, 0.3) is 16.9 Å². The van der Waals surface area contributed by atoms with Crippen molar-refractivity contribution < 1.29 is 4.39 Å². The zero-order valence-electron chi connectivity index (χ0n) is 15.1. The van der Waals surface area contributed by atoms with E-state index in [1.165, 1.54) is 24.8 Å². The fraction of sp³-hybridized carbons (Fsp3) is 0.158. The van der Waals surface area contributed by atoms with Gasteiger partial charge >= 0.3 is 0 Å². The van der Waals surface area contributed by atoms with E-state index in [1.54, 1.807) is 16.7 Å². The number of rotatable bonds is 4. The number of aryl methyl sites for hydroxylation is 1. The Labute approximate surface area is 164 Å². The first-order valence-electron chi connectivity index (χ1n) is 8.53. The van der Waals surface area contributed by atoms with Gasteiger partial charge in [-0.15, -0.1) is 0 Å². The normalized spacial score (nSPS) is 12.3. The van der Waals surface area contributed by atoms with Gasteiger partial charge in [-0.3, -0.25) is 14.3 Å². The summed E-state index contributed by atoms with van der Waals surface area (Å²) in [5.74, 6) is 0.230. The fourth-order valence-corrected chi connectivity index (χ4v) is 3.06. The van der Waals surface area contributed by atoms with E-state index in [9.17, 15) is 9.18 Å². The van der Waals surface area contributed by atoms with Gasteiger partial charge in [0.15, 0.2) is 5.65 Å². The van der Waals surface area contributed by atoms with Crippen LogP contribution in [0.2, 0.25) is 5.02 Å². The topological polar surface area (TPSA) is 88.5 Å². The average molecular weight is 399 g/mol. The van der Waals surface area contributed by atoms with E-state index < -0.39 is 0 Å². The van der Waals surface area contributed by atoms with Crippen LogP contribution >= 0.6 is 11.6 Å². The van der Waals surface area contributed by atoms with Gasteiger partial charge in [-0.05, 0) is 43.7 Å². The quantitative estimate of drug-likeness (QED) is 0.546. The van der Waals surface area contributed by atoms with Crippen molar-refractivity contribution in [3.8, 4) is 5.69 Å². The van der Waals surface area contributed by atoms with Crippen LogP contribution in [-0.4, -0.2) is 24.5 Å². The minimum Gasteiger partial charge on any atom is -0.362 e. The van der Waals surface area contributed by atoms with Gasteiger partial charge in [0, 0.05) is 6.20 Å². The number of nitrogens with one attached hydrogen (secondary N) is 2. The van der Waals surface area contributed by atoms with E-state index in [0.29, 0.717) is 33.4 Å². The molecule has 1 atom stereocenters. The lowest BCUT2D eigenvalue weighted by molar-refractivity contribution is 0.617. The van der Waals surface area contributed by atoms with Crippen molar-refractivity contribution in [1.82, 2.24) is 24.5 Å². The third-order valence-electron chi connectivity index (χ3n) is 4.37. The van der Waals surface area contributed by atoms with Gasteiger partial charge in [0.2, 0.25) is 0 Å². The maximum absolute atomic E-state index is 13.1. The molecular weight excluding hydrogens is 383 g/mol. The molecule has 9 heteroatoms. The Morgan fingerprint density at radius 3 is 2.86 bits per heavy atom. The first-order chi connectivity index (χ1) is 13.4. The maximum atomic E-state index is 13.1. The molecule has 28 heavy (non-hydrogen) atoms. The van der Waals surface area contributed by atoms with Gasteiger partial charge < -0.3 is 10.3 Å². The number of aromatic amines is 1. The number of pyridine rings is 3. The van der Waals surface area contributed by atoms with Crippen LogP contribution < -0.4 is 10.9 Å². The highest BCUT2D eigenvalue weighted by atomic mass is 35.5. The minimum atomic E-state index is -0.387. The van der Waals surface area contributed by atoms with Crippen molar-refractivity contribution in [3.63, 3.8) is 0 Å². The van der Waals surface area contributed by atoms with E-state index in [-0.39, 0.29) is 17.4 Å².